The molecule has 2 amide bonds. The summed E-state index contributed by atoms with van der Waals surface area (Å²) in [7, 11) is 0. The first kappa shape index (κ1) is 16.5. The molecule has 2 aromatic rings. The second-order valence-corrected chi connectivity index (χ2v) is 5.12. The fraction of sp³-hybridized carbons (Fsp3) is 0.158. The molecule has 2 aromatic carbocycles. The van der Waals surface area contributed by atoms with Gasteiger partial charge in [0.15, 0.2) is 0 Å². The molecule has 0 atom stereocenters. The number of hydrogen-bond donors (Lipinski definition) is 2. The molecule has 118 valence electrons. The Hall–Kier alpha value is -2.88. The van der Waals surface area contributed by atoms with Crippen molar-refractivity contribution in [3.8, 4) is 0 Å². The van der Waals surface area contributed by atoms with Crippen molar-refractivity contribution < 1.29 is 9.59 Å². The van der Waals surface area contributed by atoms with Crippen LogP contribution in [0.1, 0.15) is 29.3 Å². The molecular weight excluding hydrogens is 288 g/mol. The van der Waals surface area contributed by atoms with E-state index in [1.807, 2.05) is 42.5 Å². The number of carbonyl (C=O) groups excluding carboxylic acids is 2. The van der Waals surface area contributed by atoms with E-state index in [0.29, 0.717) is 17.8 Å². The van der Waals surface area contributed by atoms with Crippen LogP contribution in [0.3, 0.4) is 0 Å². The number of amides is 2. The molecule has 0 bridgehead atoms. The number of rotatable bonds is 6. The van der Waals surface area contributed by atoms with Crippen LogP contribution in [0.25, 0.3) is 6.08 Å². The smallest absolute Gasteiger partial charge is 0.251 e. The van der Waals surface area contributed by atoms with Crippen molar-refractivity contribution in [1.82, 2.24) is 5.32 Å². The second-order valence-electron chi connectivity index (χ2n) is 5.12. The highest BCUT2D eigenvalue weighted by molar-refractivity contribution is 5.96. The molecule has 0 radical (unpaired) electrons. The number of carbonyl (C=O) groups is 2. The maximum atomic E-state index is 12.1. The summed E-state index contributed by atoms with van der Waals surface area (Å²) in [4.78, 5) is 23.1. The Bertz CT molecular complexity index is 694. The van der Waals surface area contributed by atoms with Crippen molar-refractivity contribution in [2.75, 3.05) is 11.9 Å². The van der Waals surface area contributed by atoms with Gasteiger partial charge in [-0.1, -0.05) is 48.6 Å². The quantitative estimate of drug-likeness (QED) is 0.803. The summed E-state index contributed by atoms with van der Waals surface area (Å²) < 4.78 is 0. The van der Waals surface area contributed by atoms with Gasteiger partial charge in [-0.15, -0.1) is 0 Å². The van der Waals surface area contributed by atoms with E-state index in [4.69, 9.17) is 0 Å². The molecule has 0 heterocycles. The minimum atomic E-state index is -0.159. The van der Waals surface area contributed by atoms with Crippen molar-refractivity contribution >= 4 is 23.6 Å². The van der Waals surface area contributed by atoms with Crippen molar-refractivity contribution in [2.24, 2.45) is 0 Å². The van der Waals surface area contributed by atoms with Gasteiger partial charge in [0.2, 0.25) is 5.91 Å². The highest BCUT2D eigenvalue weighted by Crippen LogP contribution is 2.10. The van der Waals surface area contributed by atoms with Crippen molar-refractivity contribution in [3.63, 3.8) is 0 Å². The molecule has 0 saturated carbocycles. The van der Waals surface area contributed by atoms with E-state index < -0.39 is 0 Å². The van der Waals surface area contributed by atoms with Crippen LogP contribution in [0, 0.1) is 0 Å². The Kier molecular flexibility index (Phi) is 6.12. The summed E-state index contributed by atoms with van der Waals surface area (Å²) in [6, 6.07) is 16.9. The van der Waals surface area contributed by atoms with Crippen molar-refractivity contribution in [3.05, 3.63) is 71.8 Å². The first-order valence-corrected chi connectivity index (χ1v) is 7.52. The van der Waals surface area contributed by atoms with Crippen LogP contribution in [-0.4, -0.2) is 18.4 Å². The van der Waals surface area contributed by atoms with Crippen molar-refractivity contribution in [2.45, 2.75) is 13.3 Å². The van der Waals surface area contributed by atoms with E-state index in [1.54, 1.807) is 24.3 Å². The lowest BCUT2D eigenvalue weighted by Gasteiger charge is -2.06. The largest absolute Gasteiger partial charge is 0.352 e. The van der Waals surface area contributed by atoms with Gasteiger partial charge < -0.3 is 10.6 Å². The predicted molar refractivity (Wildman–Crippen MR) is 93.2 cm³/mol. The van der Waals surface area contributed by atoms with Crippen LogP contribution in [0.4, 0.5) is 5.69 Å². The van der Waals surface area contributed by atoms with Gasteiger partial charge in [0.05, 0.1) is 0 Å². The SMILES string of the molecule is CC(=O)Nc1cccc(C(=O)NCC/C=C/c2ccccc2)c1. The molecule has 0 aliphatic heterocycles. The lowest BCUT2D eigenvalue weighted by Crippen LogP contribution is -2.24. The minimum Gasteiger partial charge on any atom is -0.352 e. The number of benzene rings is 2. The summed E-state index contributed by atoms with van der Waals surface area (Å²) >= 11 is 0. The zero-order valence-electron chi connectivity index (χ0n) is 13.1. The molecular formula is C19H20N2O2. The first-order valence-electron chi connectivity index (χ1n) is 7.52. The zero-order valence-corrected chi connectivity index (χ0v) is 13.1. The van der Waals surface area contributed by atoms with Crippen LogP contribution in [0.5, 0.6) is 0 Å². The van der Waals surface area contributed by atoms with E-state index in [2.05, 4.69) is 10.6 Å². The van der Waals surface area contributed by atoms with Gasteiger partial charge in [-0.3, -0.25) is 9.59 Å². The van der Waals surface area contributed by atoms with Crippen LogP contribution in [0.2, 0.25) is 0 Å². The maximum absolute atomic E-state index is 12.1. The third-order valence-electron chi connectivity index (χ3n) is 3.15. The van der Waals surface area contributed by atoms with E-state index in [9.17, 15) is 9.59 Å². The summed E-state index contributed by atoms with van der Waals surface area (Å²) in [5.74, 6) is -0.307. The lowest BCUT2D eigenvalue weighted by molar-refractivity contribution is -0.114. The van der Waals surface area contributed by atoms with E-state index in [-0.39, 0.29) is 11.8 Å². The Morgan fingerprint density at radius 1 is 1.04 bits per heavy atom. The van der Waals surface area contributed by atoms with E-state index in [0.717, 1.165) is 12.0 Å². The van der Waals surface area contributed by atoms with Crippen LogP contribution in [-0.2, 0) is 4.79 Å². The summed E-state index contributed by atoms with van der Waals surface area (Å²) in [6.45, 7) is 2.00. The Morgan fingerprint density at radius 2 is 1.83 bits per heavy atom. The Balaban J connectivity index is 1.81. The summed E-state index contributed by atoms with van der Waals surface area (Å²) in [5, 5.41) is 5.53. The van der Waals surface area contributed by atoms with Gasteiger partial charge in [-0.2, -0.15) is 0 Å². The maximum Gasteiger partial charge on any atom is 0.251 e. The monoisotopic (exact) mass is 308 g/mol. The van der Waals surface area contributed by atoms with Crippen LogP contribution < -0.4 is 10.6 Å². The third-order valence-corrected chi connectivity index (χ3v) is 3.15. The molecule has 0 spiro atoms. The van der Waals surface area contributed by atoms with E-state index >= 15 is 0 Å². The topological polar surface area (TPSA) is 58.2 Å². The highest BCUT2D eigenvalue weighted by Gasteiger charge is 2.05. The molecule has 0 fully saturated rings. The Labute approximate surface area is 136 Å². The van der Waals surface area contributed by atoms with Gasteiger partial charge in [-0.25, -0.2) is 0 Å². The fourth-order valence-electron chi connectivity index (χ4n) is 2.10. The average Bonchev–Trinajstić information content (AvgIpc) is 2.55. The molecule has 2 N–H and O–H groups in total. The van der Waals surface area contributed by atoms with Gasteiger partial charge in [0.25, 0.3) is 5.91 Å². The van der Waals surface area contributed by atoms with Gasteiger partial charge in [-0.05, 0) is 30.2 Å². The minimum absolute atomic E-state index is 0.148. The van der Waals surface area contributed by atoms with Gasteiger partial charge >= 0.3 is 0 Å². The first-order chi connectivity index (χ1) is 11.1. The number of anilines is 1. The Morgan fingerprint density at radius 3 is 2.57 bits per heavy atom. The van der Waals surface area contributed by atoms with Crippen molar-refractivity contribution in [1.29, 1.82) is 0 Å². The van der Waals surface area contributed by atoms with Crippen LogP contribution in [0.15, 0.2) is 60.7 Å². The molecule has 0 aliphatic rings. The average molecular weight is 308 g/mol. The highest BCUT2D eigenvalue weighted by atomic mass is 16.2. The molecule has 4 nitrogen and oxygen atoms in total. The summed E-state index contributed by atoms with van der Waals surface area (Å²) in [5.41, 5.74) is 2.29. The molecule has 4 heteroatoms. The predicted octanol–water partition coefficient (Wildman–Crippen LogP) is 3.48. The van der Waals surface area contributed by atoms with Gasteiger partial charge in [0.1, 0.15) is 0 Å². The molecule has 0 saturated heterocycles. The standard InChI is InChI=1S/C19H20N2O2/c1-15(22)21-18-12-7-11-17(14-18)19(23)20-13-6-5-10-16-8-3-2-4-9-16/h2-5,7-12,14H,6,13H2,1H3,(H,20,23)(H,21,22)/b10-5+. The molecule has 0 aliphatic carbocycles. The lowest BCUT2D eigenvalue weighted by atomic mass is 10.2. The summed E-state index contributed by atoms with van der Waals surface area (Å²) in [6.07, 6.45) is 4.82. The second kappa shape index (κ2) is 8.54. The molecule has 0 aromatic heterocycles. The number of hydrogen-bond acceptors (Lipinski definition) is 2. The molecule has 2 rings (SSSR count). The van der Waals surface area contributed by atoms with E-state index in [1.165, 1.54) is 6.92 Å². The fourth-order valence-corrected chi connectivity index (χ4v) is 2.10. The number of nitrogens with one attached hydrogen (secondary N) is 2. The molecule has 0 unspecified atom stereocenters. The molecule has 23 heavy (non-hydrogen) atoms. The van der Waals surface area contributed by atoms with Crippen LogP contribution >= 0.6 is 0 Å². The third kappa shape index (κ3) is 5.79. The zero-order chi connectivity index (χ0) is 16.5. The normalized spacial score (nSPS) is 10.5. The van der Waals surface area contributed by atoms with Gasteiger partial charge in [0, 0.05) is 24.7 Å².